The minimum Gasteiger partial charge on any atom is -0.368 e. The second-order valence-electron chi connectivity index (χ2n) is 4.46. The fraction of sp³-hybridized carbons (Fsp3) is 0.462. The van der Waals surface area contributed by atoms with E-state index in [-0.39, 0.29) is 11.9 Å². The molecule has 2 rings (SSSR count). The Kier molecular flexibility index (Phi) is 4.18. The van der Waals surface area contributed by atoms with E-state index in [1.54, 1.807) is 0 Å². The number of likely N-dealkylation sites (tertiary alicyclic amines) is 1. The van der Waals surface area contributed by atoms with Gasteiger partial charge >= 0.3 is 0 Å². The van der Waals surface area contributed by atoms with Crippen molar-refractivity contribution in [2.24, 2.45) is 5.73 Å². The highest BCUT2D eigenvalue weighted by Gasteiger charge is 2.26. The molecular weight excluding hydrogens is 280 g/mol. The van der Waals surface area contributed by atoms with Crippen LogP contribution in [0.2, 0.25) is 0 Å². The summed E-state index contributed by atoms with van der Waals surface area (Å²) in [6.07, 6.45) is 3.55. The maximum atomic E-state index is 11.7. The summed E-state index contributed by atoms with van der Waals surface area (Å²) in [7, 11) is 0. The molecular formula is C13H17BrN2O. The largest absolute Gasteiger partial charge is 0.368 e. The van der Waals surface area contributed by atoms with Crippen molar-refractivity contribution in [2.45, 2.75) is 25.3 Å². The van der Waals surface area contributed by atoms with E-state index < -0.39 is 0 Å². The molecule has 3 nitrogen and oxygen atoms in total. The molecule has 1 saturated heterocycles. The standard InChI is InChI=1S/C13H17BrN2O/c14-11-6-4-5-10(9-11)12(13(15)17)16-7-2-1-3-8-16/h4-6,9,12H,1-3,7-8H2,(H2,15,17). The minimum atomic E-state index is -0.284. The van der Waals surface area contributed by atoms with Gasteiger partial charge < -0.3 is 5.73 Å². The zero-order valence-electron chi connectivity index (χ0n) is 9.73. The first-order valence-corrected chi connectivity index (χ1v) is 6.76. The number of hydrogen-bond acceptors (Lipinski definition) is 2. The summed E-state index contributed by atoms with van der Waals surface area (Å²) < 4.78 is 0.984. The maximum Gasteiger partial charge on any atom is 0.239 e. The summed E-state index contributed by atoms with van der Waals surface area (Å²) in [5, 5.41) is 0. The molecule has 17 heavy (non-hydrogen) atoms. The molecule has 1 aliphatic rings. The average Bonchev–Trinajstić information content (AvgIpc) is 2.30. The van der Waals surface area contributed by atoms with Gasteiger partial charge in [-0.25, -0.2) is 0 Å². The van der Waals surface area contributed by atoms with Crippen LogP contribution in [0.1, 0.15) is 30.9 Å². The topological polar surface area (TPSA) is 46.3 Å². The molecule has 92 valence electrons. The Labute approximate surface area is 110 Å². The summed E-state index contributed by atoms with van der Waals surface area (Å²) >= 11 is 3.43. The van der Waals surface area contributed by atoms with E-state index >= 15 is 0 Å². The zero-order chi connectivity index (χ0) is 12.3. The number of nitrogens with zero attached hydrogens (tertiary/aromatic N) is 1. The van der Waals surface area contributed by atoms with Crippen molar-refractivity contribution in [3.8, 4) is 0 Å². The van der Waals surface area contributed by atoms with Gasteiger partial charge in [0.05, 0.1) is 0 Å². The average molecular weight is 297 g/mol. The van der Waals surface area contributed by atoms with Crippen molar-refractivity contribution >= 4 is 21.8 Å². The van der Waals surface area contributed by atoms with Crippen molar-refractivity contribution in [1.29, 1.82) is 0 Å². The van der Waals surface area contributed by atoms with Crippen LogP contribution in [0.4, 0.5) is 0 Å². The third-order valence-electron chi connectivity index (χ3n) is 3.19. The molecule has 1 aliphatic heterocycles. The van der Waals surface area contributed by atoms with Gasteiger partial charge in [0, 0.05) is 4.47 Å². The molecule has 0 radical (unpaired) electrons. The summed E-state index contributed by atoms with van der Waals surface area (Å²) in [6.45, 7) is 1.92. The third-order valence-corrected chi connectivity index (χ3v) is 3.68. The van der Waals surface area contributed by atoms with Gasteiger partial charge in [0.1, 0.15) is 6.04 Å². The van der Waals surface area contributed by atoms with Crippen LogP contribution in [0.15, 0.2) is 28.7 Å². The van der Waals surface area contributed by atoms with E-state index in [0.29, 0.717) is 0 Å². The second-order valence-corrected chi connectivity index (χ2v) is 5.37. The Bertz CT molecular complexity index is 402. The number of carbonyl (C=O) groups excluding carboxylic acids is 1. The zero-order valence-corrected chi connectivity index (χ0v) is 11.3. The first-order valence-electron chi connectivity index (χ1n) is 5.97. The number of halogens is 1. The van der Waals surface area contributed by atoms with Crippen LogP contribution in [0.5, 0.6) is 0 Å². The second kappa shape index (κ2) is 5.65. The Balaban J connectivity index is 2.25. The SMILES string of the molecule is NC(=O)C(c1cccc(Br)c1)N1CCCCC1. The Morgan fingerprint density at radius 2 is 2.00 bits per heavy atom. The molecule has 0 spiro atoms. The molecule has 1 fully saturated rings. The molecule has 0 aromatic heterocycles. The fourth-order valence-electron chi connectivity index (χ4n) is 2.41. The normalized spacial score (nSPS) is 18.9. The van der Waals surface area contributed by atoms with E-state index in [4.69, 9.17) is 5.73 Å². The molecule has 1 amide bonds. The van der Waals surface area contributed by atoms with Crippen LogP contribution < -0.4 is 5.73 Å². The Morgan fingerprint density at radius 3 is 2.59 bits per heavy atom. The predicted octanol–water partition coefficient (Wildman–Crippen LogP) is 2.46. The number of amides is 1. The van der Waals surface area contributed by atoms with Crippen molar-refractivity contribution in [2.75, 3.05) is 13.1 Å². The Hall–Kier alpha value is -0.870. The van der Waals surface area contributed by atoms with Gasteiger partial charge in [-0.2, -0.15) is 0 Å². The molecule has 1 aromatic rings. The number of rotatable bonds is 3. The summed E-state index contributed by atoms with van der Waals surface area (Å²) in [5.41, 5.74) is 6.53. The number of nitrogens with two attached hydrogens (primary N) is 1. The molecule has 0 saturated carbocycles. The first kappa shape index (κ1) is 12.6. The summed E-state index contributed by atoms with van der Waals surface area (Å²) in [4.78, 5) is 13.9. The van der Waals surface area contributed by atoms with Crippen molar-refractivity contribution in [3.05, 3.63) is 34.3 Å². The lowest BCUT2D eigenvalue weighted by Crippen LogP contribution is -2.40. The first-order chi connectivity index (χ1) is 8.18. The van der Waals surface area contributed by atoms with E-state index in [9.17, 15) is 4.79 Å². The van der Waals surface area contributed by atoms with Gasteiger partial charge in [0.2, 0.25) is 5.91 Å². The lowest BCUT2D eigenvalue weighted by atomic mass is 10.0. The fourth-order valence-corrected chi connectivity index (χ4v) is 2.83. The highest BCUT2D eigenvalue weighted by atomic mass is 79.9. The van der Waals surface area contributed by atoms with E-state index in [1.807, 2.05) is 24.3 Å². The summed E-state index contributed by atoms with van der Waals surface area (Å²) in [5.74, 6) is -0.259. The van der Waals surface area contributed by atoms with Gasteiger partial charge in [-0.1, -0.05) is 34.5 Å². The summed E-state index contributed by atoms with van der Waals surface area (Å²) in [6, 6.07) is 7.56. The number of benzene rings is 1. The molecule has 1 atom stereocenters. The van der Waals surface area contributed by atoms with Gasteiger partial charge in [0.25, 0.3) is 0 Å². The van der Waals surface area contributed by atoms with Crippen LogP contribution in [0.25, 0.3) is 0 Å². The molecule has 0 aliphatic carbocycles. The minimum absolute atomic E-state index is 0.259. The number of carbonyl (C=O) groups is 1. The van der Waals surface area contributed by atoms with E-state index in [2.05, 4.69) is 20.8 Å². The number of hydrogen-bond donors (Lipinski definition) is 1. The Morgan fingerprint density at radius 1 is 1.29 bits per heavy atom. The van der Waals surface area contributed by atoms with Gasteiger partial charge in [-0.05, 0) is 43.6 Å². The smallest absolute Gasteiger partial charge is 0.239 e. The quantitative estimate of drug-likeness (QED) is 0.931. The third kappa shape index (κ3) is 3.07. The highest BCUT2D eigenvalue weighted by Crippen LogP contribution is 2.26. The molecule has 0 bridgehead atoms. The van der Waals surface area contributed by atoms with Crippen LogP contribution in [0, 0.1) is 0 Å². The molecule has 1 aromatic carbocycles. The van der Waals surface area contributed by atoms with Crippen LogP contribution in [-0.4, -0.2) is 23.9 Å². The monoisotopic (exact) mass is 296 g/mol. The lowest BCUT2D eigenvalue weighted by Gasteiger charge is -2.32. The van der Waals surface area contributed by atoms with Crippen molar-refractivity contribution in [1.82, 2.24) is 4.90 Å². The molecule has 1 heterocycles. The highest BCUT2D eigenvalue weighted by molar-refractivity contribution is 9.10. The van der Waals surface area contributed by atoms with Gasteiger partial charge in [-0.3, -0.25) is 9.69 Å². The van der Waals surface area contributed by atoms with Crippen molar-refractivity contribution < 1.29 is 4.79 Å². The van der Waals surface area contributed by atoms with E-state index in [1.165, 1.54) is 6.42 Å². The molecule has 2 N–H and O–H groups in total. The predicted molar refractivity (Wildman–Crippen MR) is 71.5 cm³/mol. The van der Waals surface area contributed by atoms with Gasteiger partial charge in [-0.15, -0.1) is 0 Å². The number of primary amides is 1. The van der Waals surface area contributed by atoms with Gasteiger partial charge in [0.15, 0.2) is 0 Å². The van der Waals surface area contributed by atoms with Crippen molar-refractivity contribution in [3.63, 3.8) is 0 Å². The van der Waals surface area contributed by atoms with Crippen LogP contribution >= 0.6 is 15.9 Å². The molecule has 4 heteroatoms. The van der Waals surface area contributed by atoms with E-state index in [0.717, 1.165) is 36.0 Å². The lowest BCUT2D eigenvalue weighted by molar-refractivity contribution is -0.123. The molecule has 1 unspecified atom stereocenters. The van der Waals surface area contributed by atoms with Crippen LogP contribution in [-0.2, 0) is 4.79 Å². The maximum absolute atomic E-state index is 11.7. The number of piperidine rings is 1. The van der Waals surface area contributed by atoms with Crippen LogP contribution in [0.3, 0.4) is 0 Å².